The number of hydrogen-bond donors (Lipinski definition) is 2. The number of nitrogens with one attached hydrogen (secondary N) is 1. The van der Waals surface area contributed by atoms with Crippen molar-refractivity contribution in [1.29, 1.82) is 0 Å². The third-order valence-corrected chi connectivity index (χ3v) is 3.86. The van der Waals surface area contributed by atoms with E-state index in [9.17, 15) is 19.1 Å². The Morgan fingerprint density at radius 2 is 1.86 bits per heavy atom. The van der Waals surface area contributed by atoms with Crippen LogP contribution in [0.15, 0.2) is 24.3 Å². The lowest BCUT2D eigenvalue weighted by Crippen LogP contribution is -2.44. The first-order valence-electron chi connectivity index (χ1n) is 7.47. The first-order valence-corrected chi connectivity index (χ1v) is 7.47. The van der Waals surface area contributed by atoms with Gasteiger partial charge in [0.2, 0.25) is 0 Å². The molecule has 2 atom stereocenters. The summed E-state index contributed by atoms with van der Waals surface area (Å²) in [6.07, 6.45) is 4.02. The summed E-state index contributed by atoms with van der Waals surface area (Å²) in [6, 6.07) is 5.02. The minimum Gasteiger partial charge on any atom is -0.484 e. The molecule has 1 amide bonds. The number of amides is 1. The third-order valence-electron chi connectivity index (χ3n) is 3.86. The summed E-state index contributed by atoms with van der Waals surface area (Å²) in [5.41, 5.74) is 0. The molecular weight excluding hydrogens is 289 g/mol. The molecule has 0 unspecified atom stereocenters. The molecule has 0 saturated heterocycles. The number of aliphatic carboxylic acids is 1. The summed E-state index contributed by atoms with van der Waals surface area (Å²) in [6.45, 7) is -0.214. The standard InChI is InChI=1S/C16H20FNO4/c17-11-6-8-12(9-7-11)22-10-15(19)18-14-5-3-1-2-4-13(14)16(20)21/h6-9,13-14H,1-5,10H2,(H,18,19)(H,20,21)/t13-,14+/m1/s1. The molecule has 5 nitrogen and oxygen atoms in total. The molecule has 120 valence electrons. The molecular formula is C16H20FNO4. The molecule has 1 aromatic carbocycles. The number of carboxylic acid groups (broad SMARTS) is 1. The zero-order valence-electron chi connectivity index (χ0n) is 12.3. The second kappa shape index (κ2) is 7.77. The van der Waals surface area contributed by atoms with Crippen molar-refractivity contribution in [3.63, 3.8) is 0 Å². The number of carboxylic acids is 1. The smallest absolute Gasteiger partial charge is 0.308 e. The summed E-state index contributed by atoms with van der Waals surface area (Å²) in [5.74, 6) is -1.75. The minimum absolute atomic E-state index is 0.214. The Hall–Kier alpha value is -2.11. The van der Waals surface area contributed by atoms with Gasteiger partial charge in [0.25, 0.3) is 5.91 Å². The molecule has 22 heavy (non-hydrogen) atoms. The maximum Gasteiger partial charge on any atom is 0.308 e. The predicted molar refractivity (Wildman–Crippen MR) is 78.0 cm³/mol. The number of rotatable bonds is 5. The van der Waals surface area contributed by atoms with E-state index in [0.29, 0.717) is 18.6 Å². The molecule has 1 aromatic rings. The van der Waals surface area contributed by atoms with Gasteiger partial charge >= 0.3 is 5.97 Å². The quantitative estimate of drug-likeness (QED) is 0.819. The van der Waals surface area contributed by atoms with Gasteiger partial charge < -0.3 is 15.2 Å². The molecule has 0 spiro atoms. The van der Waals surface area contributed by atoms with Gasteiger partial charge in [0.15, 0.2) is 6.61 Å². The van der Waals surface area contributed by atoms with Crippen molar-refractivity contribution in [3.05, 3.63) is 30.1 Å². The van der Waals surface area contributed by atoms with E-state index in [1.165, 1.54) is 24.3 Å². The van der Waals surface area contributed by atoms with E-state index in [-0.39, 0.29) is 24.4 Å². The molecule has 1 saturated carbocycles. The molecule has 2 N–H and O–H groups in total. The number of hydrogen-bond acceptors (Lipinski definition) is 3. The monoisotopic (exact) mass is 309 g/mol. The highest BCUT2D eigenvalue weighted by Gasteiger charge is 2.30. The molecule has 2 rings (SSSR count). The number of ether oxygens (including phenoxy) is 1. The van der Waals surface area contributed by atoms with Crippen LogP contribution in [0.3, 0.4) is 0 Å². The second-order valence-electron chi connectivity index (χ2n) is 5.50. The Labute approximate surface area is 128 Å². The van der Waals surface area contributed by atoms with Crippen LogP contribution in [0.1, 0.15) is 32.1 Å². The van der Waals surface area contributed by atoms with Crippen molar-refractivity contribution in [2.45, 2.75) is 38.1 Å². The molecule has 1 fully saturated rings. The van der Waals surface area contributed by atoms with E-state index in [0.717, 1.165) is 19.3 Å². The summed E-state index contributed by atoms with van der Waals surface area (Å²) in [7, 11) is 0. The van der Waals surface area contributed by atoms with Crippen LogP contribution in [-0.2, 0) is 9.59 Å². The molecule has 0 aliphatic heterocycles. The molecule has 6 heteroatoms. The molecule has 0 radical (unpaired) electrons. The van der Waals surface area contributed by atoms with Gasteiger partial charge in [-0.2, -0.15) is 0 Å². The normalized spacial score (nSPS) is 21.7. The van der Waals surface area contributed by atoms with Crippen molar-refractivity contribution < 1.29 is 23.8 Å². The van der Waals surface area contributed by atoms with Crippen LogP contribution in [0, 0.1) is 11.7 Å². The largest absolute Gasteiger partial charge is 0.484 e. The van der Waals surface area contributed by atoms with E-state index in [4.69, 9.17) is 4.74 Å². The van der Waals surface area contributed by atoms with Gasteiger partial charge in [0.1, 0.15) is 11.6 Å². The van der Waals surface area contributed by atoms with Gasteiger partial charge in [-0.25, -0.2) is 4.39 Å². The Morgan fingerprint density at radius 3 is 2.55 bits per heavy atom. The second-order valence-corrected chi connectivity index (χ2v) is 5.50. The fraction of sp³-hybridized carbons (Fsp3) is 0.500. The van der Waals surface area contributed by atoms with Crippen molar-refractivity contribution in [2.75, 3.05) is 6.61 Å². The highest BCUT2D eigenvalue weighted by molar-refractivity contribution is 5.79. The van der Waals surface area contributed by atoms with E-state index in [1.54, 1.807) is 0 Å². The molecule has 0 heterocycles. The van der Waals surface area contributed by atoms with E-state index in [1.807, 2.05) is 0 Å². The summed E-state index contributed by atoms with van der Waals surface area (Å²) >= 11 is 0. The average Bonchev–Trinajstić information content (AvgIpc) is 2.72. The highest BCUT2D eigenvalue weighted by atomic mass is 19.1. The van der Waals surface area contributed by atoms with Gasteiger partial charge in [-0.15, -0.1) is 0 Å². The first kappa shape index (κ1) is 16.3. The highest BCUT2D eigenvalue weighted by Crippen LogP contribution is 2.23. The lowest BCUT2D eigenvalue weighted by atomic mass is 9.95. The van der Waals surface area contributed by atoms with Gasteiger partial charge in [0, 0.05) is 6.04 Å². The molecule has 1 aliphatic carbocycles. The van der Waals surface area contributed by atoms with Crippen LogP contribution in [0.25, 0.3) is 0 Å². The fourth-order valence-electron chi connectivity index (χ4n) is 2.70. The Kier molecular flexibility index (Phi) is 5.75. The lowest BCUT2D eigenvalue weighted by molar-refractivity contribution is -0.143. The summed E-state index contributed by atoms with van der Waals surface area (Å²) < 4.78 is 18.0. The predicted octanol–water partition coefficient (Wildman–Crippen LogP) is 2.35. The van der Waals surface area contributed by atoms with Crippen LogP contribution in [0.5, 0.6) is 5.75 Å². The SMILES string of the molecule is O=C(COc1ccc(F)cc1)N[C@H]1CCCCC[C@H]1C(=O)O. The number of benzene rings is 1. The van der Waals surface area contributed by atoms with E-state index >= 15 is 0 Å². The third kappa shape index (κ3) is 4.72. The van der Waals surface area contributed by atoms with Crippen LogP contribution in [0.2, 0.25) is 0 Å². The van der Waals surface area contributed by atoms with E-state index in [2.05, 4.69) is 5.32 Å². The van der Waals surface area contributed by atoms with Gasteiger partial charge in [-0.3, -0.25) is 9.59 Å². The number of halogens is 1. The lowest BCUT2D eigenvalue weighted by Gasteiger charge is -2.22. The Bertz CT molecular complexity index is 517. The van der Waals surface area contributed by atoms with Crippen molar-refractivity contribution >= 4 is 11.9 Å². The van der Waals surface area contributed by atoms with Crippen LogP contribution in [-0.4, -0.2) is 29.6 Å². The fourth-order valence-corrected chi connectivity index (χ4v) is 2.70. The zero-order valence-corrected chi connectivity index (χ0v) is 12.3. The van der Waals surface area contributed by atoms with E-state index < -0.39 is 11.9 Å². The molecule has 0 bridgehead atoms. The van der Waals surface area contributed by atoms with Crippen LogP contribution < -0.4 is 10.1 Å². The minimum atomic E-state index is -0.869. The maximum absolute atomic E-state index is 12.8. The van der Waals surface area contributed by atoms with Crippen LogP contribution >= 0.6 is 0 Å². The van der Waals surface area contributed by atoms with Gasteiger partial charge in [-0.1, -0.05) is 19.3 Å². The van der Waals surface area contributed by atoms with Crippen LogP contribution in [0.4, 0.5) is 4.39 Å². The maximum atomic E-state index is 12.8. The van der Waals surface area contributed by atoms with Crippen molar-refractivity contribution in [2.24, 2.45) is 5.92 Å². The Balaban J connectivity index is 1.86. The topological polar surface area (TPSA) is 75.6 Å². The number of carbonyl (C=O) groups is 2. The summed E-state index contributed by atoms with van der Waals surface area (Å²) in [5, 5.41) is 12.0. The first-order chi connectivity index (χ1) is 10.6. The van der Waals surface area contributed by atoms with Crippen molar-refractivity contribution in [1.82, 2.24) is 5.32 Å². The summed E-state index contributed by atoms with van der Waals surface area (Å²) in [4.78, 5) is 23.2. The van der Waals surface area contributed by atoms with Gasteiger partial charge in [0.05, 0.1) is 5.92 Å². The molecule has 0 aromatic heterocycles. The molecule has 1 aliphatic rings. The Morgan fingerprint density at radius 1 is 1.18 bits per heavy atom. The van der Waals surface area contributed by atoms with Gasteiger partial charge in [-0.05, 0) is 37.1 Å². The average molecular weight is 309 g/mol. The number of carbonyl (C=O) groups excluding carboxylic acids is 1. The van der Waals surface area contributed by atoms with Crippen molar-refractivity contribution in [3.8, 4) is 5.75 Å². The zero-order chi connectivity index (χ0) is 15.9.